The van der Waals surface area contributed by atoms with E-state index in [0.717, 1.165) is 24.9 Å². The number of nitrogens with one attached hydrogen (secondary N) is 3. The van der Waals surface area contributed by atoms with Crippen LogP contribution in [0.15, 0.2) is 18.3 Å². The van der Waals surface area contributed by atoms with Crippen LogP contribution in [0.5, 0.6) is 0 Å². The van der Waals surface area contributed by atoms with E-state index < -0.39 is 13.0 Å². The van der Waals surface area contributed by atoms with Crippen molar-refractivity contribution in [3.63, 3.8) is 0 Å². The number of hydrogen-bond acceptors (Lipinski definition) is 8. The number of aromatic amines is 1. The number of halogens is 4. The van der Waals surface area contributed by atoms with Crippen LogP contribution in [-0.2, 0) is 25.6 Å². The second kappa shape index (κ2) is 10.6. The molecule has 1 saturated carbocycles. The third-order valence-corrected chi connectivity index (χ3v) is 5.93. The van der Waals surface area contributed by atoms with Crippen molar-refractivity contribution in [2.24, 2.45) is 0 Å². The van der Waals surface area contributed by atoms with Crippen molar-refractivity contribution in [2.75, 3.05) is 19.0 Å². The highest BCUT2D eigenvalue weighted by Gasteiger charge is 2.36. The smallest absolute Gasteiger partial charge is 0.379 e. The fourth-order valence-electron chi connectivity index (χ4n) is 3.46. The molecule has 4 heterocycles. The van der Waals surface area contributed by atoms with E-state index in [2.05, 4.69) is 35.5 Å². The van der Waals surface area contributed by atoms with Gasteiger partial charge < -0.3 is 20.1 Å². The Morgan fingerprint density at radius 2 is 2.14 bits per heavy atom. The van der Waals surface area contributed by atoms with Crippen molar-refractivity contribution < 1.29 is 32.2 Å². The van der Waals surface area contributed by atoms with E-state index >= 15 is 0 Å². The maximum Gasteiger partial charge on any atom is 0.522 e. The lowest BCUT2D eigenvalue weighted by molar-refractivity contribution is -0.330. The van der Waals surface area contributed by atoms with E-state index in [1.54, 1.807) is 13.2 Å². The SMILES string of the molecule is CC1(NC=O)CC1.COC1COC(c2cc(Nc3nc(Cl)cc4nc(COC(F)(F)F)cn34)n[nH]2)C1. The van der Waals surface area contributed by atoms with Crippen LogP contribution in [0, 0.1) is 0 Å². The third kappa shape index (κ3) is 6.84. The molecule has 11 nitrogen and oxygen atoms in total. The number of nitrogens with zero attached hydrogens (tertiary/aromatic N) is 4. The zero-order valence-electron chi connectivity index (χ0n) is 19.4. The van der Waals surface area contributed by atoms with Gasteiger partial charge in [-0.05, 0) is 19.8 Å². The van der Waals surface area contributed by atoms with Crippen molar-refractivity contribution in [3.8, 4) is 0 Å². The summed E-state index contributed by atoms with van der Waals surface area (Å²) in [5.74, 6) is 0.667. The average molecular weight is 532 g/mol. The number of H-pyrrole nitrogens is 1. The number of rotatable bonds is 8. The molecule has 1 saturated heterocycles. The topological polar surface area (TPSA) is 128 Å². The summed E-state index contributed by atoms with van der Waals surface area (Å²) >= 11 is 6.01. The molecule has 15 heteroatoms. The van der Waals surface area contributed by atoms with E-state index in [9.17, 15) is 18.0 Å². The molecular formula is C21H25ClF3N7O4. The number of methoxy groups -OCH3 is 1. The standard InChI is InChI=1S/C16H16ClF3N6O3.C5H9NO/c1-27-9-2-11(28-7-9)10-3-13(25-24-10)23-15-22-12(17)4-14-21-8(5-26(14)15)6-29-16(18,19)20;1-5(2-3-5)6-4-7/h3-5,9,11H,2,6-7H2,1H3,(H2,22,23,24,25);4H,2-3H2,1H3,(H,6,7). The summed E-state index contributed by atoms with van der Waals surface area (Å²) in [6.07, 6.45) is 0.241. The monoisotopic (exact) mass is 531 g/mol. The molecule has 1 amide bonds. The lowest BCUT2D eigenvalue weighted by Gasteiger charge is -2.06. The molecule has 5 rings (SSSR count). The summed E-state index contributed by atoms with van der Waals surface area (Å²) in [7, 11) is 1.63. The largest absolute Gasteiger partial charge is 0.522 e. The van der Waals surface area contributed by atoms with Crippen molar-refractivity contribution >= 4 is 35.4 Å². The third-order valence-electron chi connectivity index (χ3n) is 5.74. The van der Waals surface area contributed by atoms with E-state index in [1.165, 1.54) is 16.7 Å². The van der Waals surface area contributed by atoms with E-state index in [-0.39, 0.29) is 34.5 Å². The first-order valence-electron chi connectivity index (χ1n) is 11.0. The summed E-state index contributed by atoms with van der Waals surface area (Å²) in [5, 5.41) is 12.9. The predicted molar refractivity (Wildman–Crippen MR) is 122 cm³/mol. The summed E-state index contributed by atoms with van der Waals surface area (Å²) < 4.78 is 53.0. The molecule has 0 spiro atoms. The maximum absolute atomic E-state index is 12.3. The van der Waals surface area contributed by atoms with Crippen LogP contribution in [0.4, 0.5) is 24.9 Å². The van der Waals surface area contributed by atoms with Gasteiger partial charge in [-0.15, -0.1) is 13.2 Å². The number of fused-ring (bicyclic) bond motifs is 1. The molecule has 36 heavy (non-hydrogen) atoms. The van der Waals surface area contributed by atoms with Gasteiger partial charge in [0, 0.05) is 37.4 Å². The number of alkyl halides is 3. The van der Waals surface area contributed by atoms with Gasteiger partial charge in [0.15, 0.2) is 5.82 Å². The van der Waals surface area contributed by atoms with Crippen LogP contribution < -0.4 is 10.6 Å². The van der Waals surface area contributed by atoms with Crippen LogP contribution in [0.2, 0.25) is 5.15 Å². The van der Waals surface area contributed by atoms with Crippen molar-refractivity contribution in [1.29, 1.82) is 0 Å². The van der Waals surface area contributed by atoms with Gasteiger partial charge in [0.05, 0.1) is 30.7 Å². The van der Waals surface area contributed by atoms with E-state index in [4.69, 9.17) is 21.1 Å². The normalized spacial score (nSPS) is 20.6. The fraction of sp³-hybridized carbons (Fsp3) is 0.524. The number of amides is 1. The number of carbonyl (C=O) groups excluding carboxylic acids is 1. The molecule has 1 aliphatic heterocycles. The van der Waals surface area contributed by atoms with Crippen molar-refractivity contribution in [1.82, 2.24) is 29.9 Å². The number of anilines is 2. The first-order chi connectivity index (χ1) is 17.1. The minimum atomic E-state index is -4.75. The summed E-state index contributed by atoms with van der Waals surface area (Å²) in [4.78, 5) is 18.0. The zero-order valence-corrected chi connectivity index (χ0v) is 20.2. The molecular weight excluding hydrogens is 507 g/mol. The highest BCUT2D eigenvalue weighted by Crippen LogP contribution is 2.33. The average Bonchev–Trinajstić information content (AvgIpc) is 3.24. The van der Waals surface area contributed by atoms with Gasteiger partial charge >= 0.3 is 6.36 Å². The summed E-state index contributed by atoms with van der Waals surface area (Å²) in [6, 6.07) is 3.18. The van der Waals surface area contributed by atoms with Gasteiger partial charge in [0.25, 0.3) is 0 Å². The van der Waals surface area contributed by atoms with Gasteiger partial charge in [-0.3, -0.25) is 19.0 Å². The minimum Gasteiger partial charge on any atom is -0.379 e. The summed E-state index contributed by atoms with van der Waals surface area (Å²) in [6.45, 7) is 1.81. The molecule has 0 bridgehead atoms. The van der Waals surface area contributed by atoms with Crippen molar-refractivity contribution in [2.45, 2.75) is 56.9 Å². The highest BCUT2D eigenvalue weighted by molar-refractivity contribution is 6.29. The number of carbonyl (C=O) groups is 1. The molecule has 2 atom stereocenters. The van der Waals surface area contributed by atoms with Crippen LogP contribution in [-0.4, -0.2) is 62.7 Å². The van der Waals surface area contributed by atoms with Crippen LogP contribution in [0.1, 0.15) is 43.7 Å². The van der Waals surface area contributed by atoms with E-state index in [0.29, 0.717) is 24.5 Å². The Balaban J connectivity index is 0.000000375. The van der Waals surface area contributed by atoms with Gasteiger partial charge in [-0.2, -0.15) is 5.10 Å². The summed E-state index contributed by atoms with van der Waals surface area (Å²) in [5.41, 5.74) is 1.32. The Morgan fingerprint density at radius 1 is 1.36 bits per heavy atom. The second-order valence-corrected chi connectivity index (χ2v) is 9.06. The van der Waals surface area contributed by atoms with E-state index in [1.807, 2.05) is 6.92 Å². The number of imidazole rings is 1. The molecule has 2 fully saturated rings. The predicted octanol–water partition coefficient (Wildman–Crippen LogP) is 3.65. The Kier molecular flexibility index (Phi) is 7.68. The van der Waals surface area contributed by atoms with Gasteiger partial charge in [-0.1, -0.05) is 11.6 Å². The molecule has 0 radical (unpaired) electrons. The molecule has 3 aromatic rings. The maximum atomic E-state index is 12.3. The Labute approximate surface area is 208 Å². The molecule has 3 N–H and O–H groups in total. The van der Waals surface area contributed by atoms with Crippen LogP contribution in [0.25, 0.3) is 5.65 Å². The molecule has 2 unspecified atom stereocenters. The highest BCUT2D eigenvalue weighted by atomic mass is 35.5. The Morgan fingerprint density at radius 3 is 2.75 bits per heavy atom. The number of hydrogen-bond donors (Lipinski definition) is 3. The molecule has 1 aliphatic carbocycles. The molecule has 3 aromatic heterocycles. The Bertz CT molecular complexity index is 1200. The minimum absolute atomic E-state index is 0.0252. The number of aromatic nitrogens is 5. The van der Waals surface area contributed by atoms with Crippen LogP contribution in [0.3, 0.4) is 0 Å². The van der Waals surface area contributed by atoms with Crippen molar-refractivity contribution in [3.05, 3.63) is 34.9 Å². The fourth-order valence-corrected chi connectivity index (χ4v) is 3.64. The molecule has 0 aromatic carbocycles. The molecule has 196 valence electrons. The number of ether oxygens (including phenoxy) is 3. The quantitative estimate of drug-likeness (QED) is 0.297. The molecule has 2 aliphatic rings. The lowest BCUT2D eigenvalue weighted by Crippen LogP contribution is -2.25. The Hall–Kier alpha value is -2.94. The van der Waals surface area contributed by atoms with Gasteiger partial charge in [0.2, 0.25) is 12.4 Å². The lowest BCUT2D eigenvalue weighted by atomic mass is 10.1. The van der Waals surface area contributed by atoms with Gasteiger partial charge in [-0.25, -0.2) is 9.97 Å². The second-order valence-electron chi connectivity index (χ2n) is 8.67. The first-order valence-corrected chi connectivity index (χ1v) is 11.4. The van der Waals surface area contributed by atoms with Gasteiger partial charge in [0.1, 0.15) is 16.9 Å². The van der Waals surface area contributed by atoms with Crippen LogP contribution >= 0.6 is 11.6 Å². The zero-order chi connectivity index (χ0) is 25.9. The first kappa shape index (κ1) is 26.1.